The number of nitrogens with zero attached hydrogens (tertiary/aromatic N) is 1. The van der Waals surface area contributed by atoms with Crippen molar-refractivity contribution in [2.24, 2.45) is 0 Å². The number of amides is 1. The fourth-order valence-electron chi connectivity index (χ4n) is 3.95. The lowest BCUT2D eigenvalue weighted by atomic mass is 9.78. The van der Waals surface area contributed by atoms with E-state index < -0.39 is 0 Å². The van der Waals surface area contributed by atoms with Crippen molar-refractivity contribution in [3.8, 4) is 11.5 Å². The fourth-order valence-corrected chi connectivity index (χ4v) is 3.95. The molecule has 5 heteroatoms. The van der Waals surface area contributed by atoms with Crippen LogP contribution in [0.3, 0.4) is 0 Å². The maximum atomic E-state index is 12.3. The zero-order valence-corrected chi connectivity index (χ0v) is 15.3. The molecule has 0 radical (unpaired) electrons. The first-order valence-electron chi connectivity index (χ1n) is 9.51. The third-order valence-corrected chi connectivity index (χ3v) is 5.43. The molecule has 1 N–H and O–H groups in total. The highest BCUT2D eigenvalue weighted by atomic mass is 16.6. The number of carbonyl (C=O) groups is 1. The van der Waals surface area contributed by atoms with Gasteiger partial charge in [0.25, 0.3) is 0 Å². The Labute approximate surface area is 159 Å². The maximum absolute atomic E-state index is 12.3. The van der Waals surface area contributed by atoms with E-state index in [-0.39, 0.29) is 11.3 Å². The highest BCUT2D eigenvalue weighted by molar-refractivity contribution is 5.91. The number of benzene rings is 1. The Morgan fingerprint density at radius 3 is 2.74 bits per heavy atom. The normalized spacial score (nSPS) is 17.8. The zero-order chi connectivity index (χ0) is 18.5. The van der Waals surface area contributed by atoms with E-state index in [0.717, 1.165) is 29.9 Å². The lowest BCUT2D eigenvalue weighted by Gasteiger charge is -2.31. The number of nitrogens with one attached hydrogen (secondary N) is 1. The average Bonchev–Trinajstić information content (AvgIpc) is 3.21. The van der Waals surface area contributed by atoms with Crippen LogP contribution in [0.1, 0.15) is 36.8 Å². The smallest absolute Gasteiger partial charge is 0.244 e. The molecule has 1 fully saturated rings. The summed E-state index contributed by atoms with van der Waals surface area (Å²) in [6.07, 6.45) is 11.3. The fraction of sp³-hybridized carbons (Fsp3) is 0.364. The number of carbonyl (C=O) groups excluding carboxylic acids is 1. The van der Waals surface area contributed by atoms with Crippen LogP contribution in [0.5, 0.6) is 11.5 Å². The van der Waals surface area contributed by atoms with Crippen LogP contribution >= 0.6 is 0 Å². The first-order chi connectivity index (χ1) is 13.3. The number of rotatable bonds is 5. The highest BCUT2D eigenvalue weighted by Gasteiger charge is 2.36. The summed E-state index contributed by atoms with van der Waals surface area (Å²) in [7, 11) is 0. The molecule has 4 rings (SSSR count). The molecule has 1 aliphatic carbocycles. The van der Waals surface area contributed by atoms with Crippen molar-refractivity contribution in [2.75, 3.05) is 19.8 Å². The van der Waals surface area contributed by atoms with Gasteiger partial charge in [0.1, 0.15) is 13.2 Å². The molecule has 140 valence electrons. The van der Waals surface area contributed by atoms with Crippen LogP contribution in [0.25, 0.3) is 6.08 Å². The Morgan fingerprint density at radius 2 is 1.96 bits per heavy atom. The Kier molecular flexibility index (Phi) is 5.10. The van der Waals surface area contributed by atoms with Gasteiger partial charge in [0.15, 0.2) is 11.5 Å². The van der Waals surface area contributed by atoms with Gasteiger partial charge in [0, 0.05) is 30.4 Å². The minimum Gasteiger partial charge on any atom is -0.486 e. The molecule has 1 aliphatic heterocycles. The molecule has 27 heavy (non-hydrogen) atoms. The van der Waals surface area contributed by atoms with Crippen molar-refractivity contribution in [2.45, 2.75) is 31.1 Å². The summed E-state index contributed by atoms with van der Waals surface area (Å²) in [4.78, 5) is 16.4. The van der Waals surface area contributed by atoms with E-state index in [4.69, 9.17) is 9.47 Å². The standard InChI is InChI=1S/C22H24N2O3/c25-21(8-5-17-4-3-11-23-15-17)24-16-22(9-1-2-10-22)18-6-7-19-20(14-18)27-13-12-26-19/h3-8,11,14-15H,1-2,9-10,12-13,16H2,(H,24,25)/b8-5+. The molecule has 1 saturated carbocycles. The van der Waals surface area contributed by atoms with Gasteiger partial charge in [-0.25, -0.2) is 0 Å². The average molecular weight is 364 g/mol. The molecule has 0 atom stereocenters. The summed E-state index contributed by atoms with van der Waals surface area (Å²) in [6.45, 7) is 1.80. The number of pyridine rings is 1. The van der Waals surface area contributed by atoms with Gasteiger partial charge in [-0.1, -0.05) is 25.0 Å². The molecule has 0 unspecified atom stereocenters. The van der Waals surface area contributed by atoms with Gasteiger partial charge in [-0.3, -0.25) is 9.78 Å². The summed E-state index contributed by atoms with van der Waals surface area (Å²) < 4.78 is 11.4. The van der Waals surface area contributed by atoms with E-state index in [1.165, 1.54) is 18.4 Å². The van der Waals surface area contributed by atoms with Crippen LogP contribution in [0.2, 0.25) is 0 Å². The molecular formula is C22H24N2O3. The zero-order valence-electron chi connectivity index (χ0n) is 15.3. The van der Waals surface area contributed by atoms with Gasteiger partial charge >= 0.3 is 0 Å². The predicted molar refractivity (Wildman–Crippen MR) is 104 cm³/mol. The molecule has 1 aromatic heterocycles. The van der Waals surface area contributed by atoms with Crippen molar-refractivity contribution >= 4 is 12.0 Å². The Bertz CT molecular complexity index is 827. The maximum Gasteiger partial charge on any atom is 0.244 e. The van der Waals surface area contributed by atoms with E-state index in [0.29, 0.717) is 19.8 Å². The molecular weight excluding hydrogens is 340 g/mol. The second-order valence-electron chi connectivity index (χ2n) is 7.18. The van der Waals surface area contributed by atoms with E-state index in [1.54, 1.807) is 24.5 Å². The highest BCUT2D eigenvalue weighted by Crippen LogP contribution is 2.43. The van der Waals surface area contributed by atoms with Crippen LogP contribution in [0, 0.1) is 0 Å². The van der Waals surface area contributed by atoms with Crippen LogP contribution in [-0.4, -0.2) is 30.6 Å². The van der Waals surface area contributed by atoms with Crippen molar-refractivity contribution < 1.29 is 14.3 Å². The molecule has 1 aromatic carbocycles. The van der Waals surface area contributed by atoms with Crippen LogP contribution in [-0.2, 0) is 10.2 Å². The topological polar surface area (TPSA) is 60.5 Å². The Balaban J connectivity index is 1.46. The first kappa shape index (κ1) is 17.6. The summed E-state index contributed by atoms with van der Waals surface area (Å²) in [5.74, 6) is 1.54. The van der Waals surface area contributed by atoms with Gasteiger partial charge in [-0.05, 0) is 48.2 Å². The van der Waals surface area contributed by atoms with E-state index in [9.17, 15) is 4.79 Å². The minimum absolute atomic E-state index is 0.0341. The quantitative estimate of drug-likeness (QED) is 0.825. The van der Waals surface area contributed by atoms with E-state index >= 15 is 0 Å². The summed E-state index contributed by atoms with van der Waals surface area (Å²) in [6, 6.07) is 9.99. The minimum atomic E-state index is -0.0809. The lowest BCUT2D eigenvalue weighted by molar-refractivity contribution is -0.116. The summed E-state index contributed by atoms with van der Waals surface area (Å²) in [5, 5.41) is 3.10. The number of fused-ring (bicyclic) bond motifs is 1. The van der Waals surface area contributed by atoms with Crippen LogP contribution in [0.4, 0.5) is 0 Å². The molecule has 2 aliphatic rings. The third kappa shape index (κ3) is 3.97. The van der Waals surface area contributed by atoms with Crippen LogP contribution < -0.4 is 14.8 Å². The van der Waals surface area contributed by atoms with Gasteiger partial charge in [0.2, 0.25) is 5.91 Å². The lowest BCUT2D eigenvalue weighted by Crippen LogP contribution is -2.38. The molecule has 2 aromatic rings. The summed E-state index contributed by atoms with van der Waals surface area (Å²) in [5.41, 5.74) is 2.10. The monoisotopic (exact) mass is 364 g/mol. The van der Waals surface area contributed by atoms with Crippen LogP contribution in [0.15, 0.2) is 48.8 Å². The van der Waals surface area contributed by atoms with Gasteiger partial charge in [-0.15, -0.1) is 0 Å². The predicted octanol–water partition coefficient (Wildman–Crippen LogP) is 3.49. The Morgan fingerprint density at radius 1 is 1.15 bits per heavy atom. The molecule has 2 heterocycles. The van der Waals surface area contributed by atoms with Gasteiger partial charge < -0.3 is 14.8 Å². The van der Waals surface area contributed by atoms with Crippen molar-refractivity contribution in [3.63, 3.8) is 0 Å². The van der Waals surface area contributed by atoms with Crippen molar-refractivity contribution in [3.05, 3.63) is 59.9 Å². The first-order valence-corrected chi connectivity index (χ1v) is 9.51. The molecule has 5 nitrogen and oxygen atoms in total. The SMILES string of the molecule is O=C(/C=C/c1cccnc1)NCC1(c2ccc3c(c2)OCCO3)CCCC1. The number of ether oxygens (including phenoxy) is 2. The van der Waals surface area contributed by atoms with E-state index in [1.807, 2.05) is 18.2 Å². The van der Waals surface area contributed by atoms with E-state index in [2.05, 4.69) is 22.4 Å². The molecule has 1 amide bonds. The van der Waals surface area contributed by atoms with Gasteiger partial charge in [-0.2, -0.15) is 0 Å². The third-order valence-electron chi connectivity index (χ3n) is 5.43. The number of aromatic nitrogens is 1. The van der Waals surface area contributed by atoms with Gasteiger partial charge in [0.05, 0.1) is 0 Å². The second-order valence-corrected chi connectivity index (χ2v) is 7.18. The van der Waals surface area contributed by atoms with Crippen molar-refractivity contribution in [1.29, 1.82) is 0 Å². The number of hydrogen-bond acceptors (Lipinski definition) is 4. The number of hydrogen-bond donors (Lipinski definition) is 1. The summed E-state index contributed by atoms with van der Waals surface area (Å²) >= 11 is 0. The second kappa shape index (κ2) is 7.82. The Hall–Kier alpha value is -2.82. The molecule has 0 spiro atoms. The molecule has 0 saturated heterocycles. The molecule has 0 bridgehead atoms. The largest absolute Gasteiger partial charge is 0.486 e. The van der Waals surface area contributed by atoms with Crippen molar-refractivity contribution in [1.82, 2.24) is 10.3 Å².